The zero-order valence-corrected chi connectivity index (χ0v) is 9.98. The summed E-state index contributed by atoms with van der Waals surface area (Å²) in [4.78, 5) is 0. The smallest absolute Gasteiger partial charge is 0.170 e. The minimum Gasteiger partial charge on any atom is -0.409 e. The van der Waals surface area contributed by atoms with Crippen molar-refractivity contribution in [3.8, 4) is 0 Å². The maximum Gasteiger partial charge on any atom is 0.170 e. The van der Waals surface area contributed by atoms with Crippen LogP contribution in [0.1, 0.15) is 18.1 Å². The first kappa shape index (κ1) is 12.2. The summed E-state index contributed by atoms with van der Waals surface area (Å²) in [5.74, 6) is 2.01. The Morgan fingerprint density at radius 3 is 2.87 bits per heavy atom. The van der Waals surface area contributed by atoms with Gasteiger partial charge < -0.3 is 10.9 Å². The summed E-state index contributed by atoms with van der Waals surface area (Å²) in [6, 6.07) is 5.41. The van der Waals surface area contributed by atoms with E-state index in [4.69, 9.17) is 22.5 Å². The van der Waals surface area contributed by atoms with E-state index in [1.54, 1.807) is 23.9 Å². The van der Waals surface area contributed by atoms with Gasteiger partial charge in [-0.3, -0.25) is 0 Å². The molecule has 1 rings (SSSR count). The van der Waals surface area contributed by atoms with E-state index < -0.39 is 0 Å². The molecule has 1 aromatic rings. The molecule has 0 aromatic heterocycles. The summed E-state index contributed by atoms with van der Waals surface area (Å²) in [5.41, 5.74) is 7.15. The second kappa shape index (κ2) is 5.88. The molecule has 0 atom stereocenters. The number of amidine groups is 1. The highest BCUT2D eigenvalue weighted by molar-refractivity contribution is 7.98. The topological polar surface area (TPSA) is 58.6 Å². The van der Waals surface area contributed by atoms with Gasteiger partial charge in [-0.2, -0.15) is 11.8 Å². The van der Waals surface area contributed by atoms with Crippen LogP contribution in [0.3, 0.4) is 0 Å². The molecule has 15 heavy (non-hydrogen) atoms. The molecule has 3 N–H and O–H groups in total. The number of benzene rings is 1. The Hall–Kier alpha value is -0.870. The molecule has 1 aromatic carbocycles. The monoisotopic (exact) mass is 244 g/mol. The Bertz CT molecular complexity index is 368. The highest BCUT2D eigenvalue weighted by Crippen LogP contribution is 2.22. The van der Waals surface area contributed by atoms with Gasteiger partial charge in [-0.1, -0.05) is 35.8 Å². The minimum atomic E-state index is 0.0756. The molecule has 0 saturated carbocycles. The van der Waals surface area contributed by atoms with E-state index in [0.29, 0.717) is 10.6 Å². The summed E-state index contributed by atoms with van der Waals surface area (Å²) in [6.07, 6.45) is 0. The quantitative estimate of drug-likeness (QED) is 0.371. The van der Waals surface area contributed by atoms with Gasteiger partial charge in [0.05, 0.1) is 0 Å². The van der Waals surface area contributed by atoms with Crippen molar-refractivity contribution in [3.63, 3.8) is 0 Å². The second-order valence-corrected chi connectivity index (χ2v) is 4.61. The lowest BCUT2D eigenvalue weighted by Crippen LogP contribution is -2.12. The molecule has 0 aliphatic rings. The lowest BCUT2D eigenvalue weighted by molar-refractivity contribution is 0.318. The van der Waals surface area contributed by atoms with Gasteiger partial charge >= 0.3 is 0 Å². The molecule has 0 fully saturated rings. The zero-order chi connectivity index (χ0) is 11.3. The van der Waals surface area contributed by atoms with E-state index in [9.17, 15) is 0 Å². The van der Waals surface area contributed by atoms with E-state index in [-0.39, 0.29) is 5.84 Å². The van der Waals surface area contributed by atoms with Crippen LogP contribution in [0.2, 0.25) is 5.02 Å². The van der Waals surface area contributed by atoms with Crippen molar-refractivity contribution in [2.75, 3.05) is 5.75 Å². The summed E-state index contributed by atoms with van der Waals surface area (Å²) >= 11 is 7.86. The van der Waals surface area contributed by atoms with E-state index in [2.05, 4.69) is 12.1 Å². The lowest BCUT2D eigenvalue weighted by Gasteiger charge is -2.05. The van der Waals surface area contributed by atoms with Gasteiger partial charge in [0.15, 0.2) is 5.84 Å². The van der Waals surface area contributed by atoms with E-state index in [1.165, 1.54) is 0 Å². The van der Waals surface area contributed by atoms with Crippen molar-refractivity contribution < 1.29 is 5.21 Å². The third-order valence-corrected chi connectivity index (χ3v) is 3.19. The van der Waals surface area contributed by atoms with Crippen LogP contribution in [0.15, 0.2) is 23.4 Å². The molecule has 5 heteroatoms. The van der Waals surface area contributed by atoms with Gasteiger partial charge in [-0.25, -0.2) is 0 Å². The normalized spacial score (nSPS) is 11.7. The molecule has 0 aliphatic carbocycles. The molecular formula is C10H13ClN2OS. The van der Waals surface area contributed by atoms with Crippen molar-refractivity contribution in [2.24, 2.45) is 10.9 Å². The fourth-order valence-electron chi connectivity index (χ4n) is 1.09. The van der Waals surface area contributed by atoms with Gasteiger partial charge in [0.25, 0.3) is 0 Å². The molecule has 0 bridgehead atoms. The zero-order valence-electron chi connectivity index (χ0n) is 8.40. The van der Waals surface area contributed by atoms with Crippen LogP contribution >= 0.6 is 23.4 Å². The highest BCUT2D eigenvalue weighted by Gasteiger charge is 2.04. The highest BCUT2D eigenvalue weighted by atomic mass is 35.5. The number of hydrogen-bond donors (Lipinski definition) is 2. The lowest BCUT2D eigenvalue weighted by atomic mass is 10.1. The van der Waals surface area contributed by atoms with Gasteiger partial charge in [-0.15, -0.1) is 0 Å². The molecular weight excluding hydrogens is 232 g/mol. The number of hydrogen-bond acceptors (Lipinski definition) is 3. The van der Waals surface area contributed by atoms with Crippen molar-refractivity contribution in [1.29, 1.82) is 0 Å². The predicted molar refractivity (Wildman–Crippen MR) is 65.8 cm³/mol. The van der Waals surface area contributed by atoms with Crippen molar-refractivity contribution in [1.82, 2.24) is 0 Å². The largest absolute Gasteiger partial charge is 0.409 e. The van der Waals surface area contributed by atoms with E-state index in [0.717, 1.165) is 17.1 Å². The number of oxime groups is 1. The first-order valence-corrected chi connectivity index (χ1v) is 6.06. The van der Waals surface area contributed by atoms with Crippen LogP contribution in [0.4, 0.5) is 0 Å². The Morgan fingerprint density at radius 2 is 2.33 bits per heavy atom. The summed E-state index contributed by atoms with van der Waals surface area (Å²) < 4.78 is 0. The van der Waals surface area contributed by atoms with Gasteiger partial charge in [0, 0.05) is 16.3 Å². The van der Waals surface area contributed by atoms with Crippen molar-refractivity contribution >= 4 is 29.2 Å². The number of rotatable bonds is 4. The number of nitrogens with zero attached hydrogens (tertiary/aromatic N) is 1. The van der Waals surface area contributed by atoms with Gasteiger partial charge in [0.2, 0.25) is 0 Å². The average molecular weight is 245 g/mol. The van der Waals surface area contributed by atoms with Gasteiger partial charge in [0.1, 0.15) is 0 Å². The number of halogens is 1. The standard InChI is InChI=1S/C10H13ClN2OS/c1-2-15-6-8-4-3-7(5-9(8)11)10(12)13-14/h3-5,14H,2,6H2,1H3,(H2,12,13). The Balaban J connectivity index is 2.88. The molecule has 0 radical (unpaired) electrons. The molecule has 0 unspecified atom stereocenters. The predicted octanol–water partition coefficient (Wildman–Crippen LogP) is 2.69. The Kier molecular flexibility index (Phi) is 4.78. The van der Waals surface area contributed by atoms with Gasteiger partial charge in [-0.05, 0) is 17.4 Å². The molecule has 3 nitrogen and oxygen atoms in total. The number of thioether (sulfide) groups is 1. The van der Waals surface area contributed by atoms with E-state index >= 15 is 0 Å². The second-order valence-electron chi connectivity index (χ2n) is 2.93. The summed E-state index contributed by atoms with van der Waals surface area (Å²) in [5, 5.41) is 12.1. The molecule has 0 amide bonds. The van der Waals surface area contributed by atoms with Crippen molar-refractivity contribution in [2.45, 2.75) is 12.7 Å². The fourth-order valence-corrected chi connectivity index (χ4v) is 2.10. The van der Waals surface area contributed by atoms with Crippen LogP contribution in [-0.4, -0.2) is 16.8 Å². The maximum absolute atomic E-state index is 8.51. The summed E-state index contributed by atoms with van der Waals surface area (Å²) in [7, 11) is 0. The third kappa shape index (κ3) is 3.32. The minimum absolute atomic E-state index is 0.0756. The molecule has 82 valence electrons. The third-order valence-electron chi connectivity index (χ3n) is 1.92. The van der Waals surface area contributed by atoms with Crippen molar-refractivity contribution in [3.05, 3.63) is 34.3 Å². The molecule has 0 saturated heterocycles. The summed E-state index contributed by atoms with van der Waals surface area (Å²) in [6.45, 7) is 2.10. The van der Waals surface area contributed by atoms with Crippen LogP contribution < -0.4 is 5.73 Å². The van der Waals surface area contributed by atoms with Crippen LogP contribution in [-0.2, 0) is 5.75 Å². The number of nitrogens with two attached hydrogens (primary N) is 1. The first-order valence-electron chi connectivity index (χ1n) is 4.53. The van der Waals surface area contributed by atoms with Crippen LogP contribution in [0, 0.1) is 0 Å². The van der Waals surface area contributed by atoms with Crippen LogP contribution in [0.25, 0.3) is 0 Å². The average Bonchev–Trinajstić information content (AvgIpc) is 2.26. The molecule has 0 spiro atoms. The SMILES string of the molecule is CCSCc1ccc(/C(N)=N/O)cc1Cl. The molecule has 0 heterocycles. The van der Waals surface area contributed by atoms with Crippen LogP contribution in [0.5, 0.6) is 0 Å². The maximum atomic E-state index is 8.51. The first-order chi connectivity index (χ1) is 7.19. The fraction of sp³-hybridized carbons (Fsp3) is 0.300. The Labute approximate surface area is 98.3 Å². The Morgan fingerprint density at radius 1 is 1.60 bits per heavy atom. The molecule has 0 aliphatic heterocycles. The van der Waals surface area contributed by atoms with E-state index in [1.807, 2.05) is 6.07 Å².